The number of benzene rings is 1. The Labute approximate surface area is 110 Å². The molecule has 1 aromatic carbocycles. The molecule has 2 amide bonds. The van der Waals surface area contributed by atoms with Gasteiger partial charge in [0, 0.05) is 17.3 Å². The summed E-state index contributed by atoms with van der Waals surface area (Å²) in [5.74, 6) is -0.578. The maximum Gasteiger partial charge on any atom is 0.243 e. The number of imide groups is 1. The largest absolute Gasteiger partial charge is 0.398 e. The van der Waals surface area contributed by atoms with E-state index in [0.717, 1.165) is 5.56 Å². The van der Waals surface area contributed by atoms with Crippen LogP contribution in [0.2, 0.25) is 5.02 Å². The minimum atomic E-state index is -0.360. The van der Waals surface area contributed by atoms with E-state index in [4.69, 9.17) is 17.3 Å². The Hall–Kier alpha value is -1.59. The summed E-state index contributed by atoms with van der Waals surface area (Å²) in [5.41, 5.74) is 7.27. The molecular weight excluding hydrogens is 254 g/mol. The molecular formula is C12H14ClN3O2. The fourth-order valence-electron chi connectivity index (χ4n) is 1.89. The highest BCUT2D eigenvalue weighted by molar-refractivity contribution is 6.30. The average Bonchev–Trinajstić information content (AvgIpc) is 2.30. The van der Waals surface area contributed by atoms with Crippen LogP contribution >= 0.6 is 11.6 Å². The van der Waals surface area contributed by atoms with Gasteiger partial charge >= 0.3 is 0 Å². The number of hydrogen-bond acceptors (Lipinski definition) is 4. The molecule has 96 valence electrons. The number of nitrogen functional groups attached to an aromatic ring is 1. The molecule has 1 aliphatic heterocycles. The summed E-state index contributed by atoms with van der Waals surface area (Å²) in [6.45, 7) is 2.36. The molecule has 1 unspecified atom stereocenters. The summed E-state index contributed by atoms with van der Waals surface area (Å²) in [5, 5.41) is 2.88. The van der Waals surface area contributed by atoms with Crippen molar-refractivity contribution in [3.63, 3.8) is 0 Å². The molecule has 0 aliphatic carbocycles. The fraction of sp³-hybridized carbons (Fsp3) is 0.333. The van der Waals surface area contributed by atoms with Gasteiger partial charge in [-0.3, -0.25) is 19.8 Å². The lowest BCUT2D eigenvalue weighted by molar-refractivity contribution is -0.139. The van der Waals surface area contributed by atoms with Gasteiger partial charge < -0.3 is 5.73 Å². The summed E-state index contributed by atoms with van der Waals surface area (Å²) in [6.07, 6.45) is 0. The van der Waals surface area contributed by atoms with Gasteiger partial charge in [0.15, 0.2) is 0 Å². The number of nitrogens with one attached hydrogen (secondary N) is 1. The minimum absolute atomic E-state index is 0.179. The Morgan fingerprint density at radius 3 is 2.94 bits per heavy atom. The Kier molecular flexibility index (Phi) is 3.54. The van der Waals surface area contributed by atoms with Crippen LogP contribution < -0.4 is 11.1 Å². The van der Waals surface area contributed by atoms with Gasteiger partial charge in [-0.2, -0.15) is 0 Å². The third kappa shape index (κ3) is 2.63. The topological polar surface area (TPSA) is 75.4 Å². The highest BCUT2D eigenvalue weighted by Gasteiger charge is 2.30. The monoisotopic (exact) mass is 267 g/mol. The third-order valence-corrected chi connectivity index (χ3v) is 3.25. The maximum atomic E-state index is 11.5. The molecule has 0 bridgehead atoms. The van der Waals surface area contributed by atoms with Crippen molar-refractivity contribution in [1.29, 1.82) is 0 Å². The molecule has 3 N–H and O–H groups in total. The summed E-state index contributed by atoms with van der Waals surface area (Å²) >= 11 is 5.91. The first kappa shape index (κ1) is 12.9. The number of nitrogens with zero attached hydrogens (tertiary/aromatic N) is 1. The Morgan fingerprint density at radius 2 is 2.22 bits per heavy atom. The molecule has 1 aliphatic rings. The van der Waals surface area contributed by atoms with Crippen molar-refractivity contribution in [2.24, 2.45) is 0 Å². The number of anilines is 1. The molecule has 1 aromatic rings. The summed E-state index contributed by atoms with van der Waals surface area (Å²) < 4.78 is 0. The molecule has 1 heterocycles. The second kappa shape index (κ2) is 4.96. The van der Waals surface area contributed by atoms with Crippen LogP contribution in [0.3, 0.4) is 0 Å². The van der Waals surface area contributed by atoms with Gasteiger partial charge in [-0.1, -0.05) is 11.6 Å². The third-order valence-electron chi connectivity index (χ3n) is 3.01. The molecule has 0 radical (unpaired) electrons. The van der Waals surface area contributed by atoms with Crippen LogP contribution in [0.4, 0.5) is 5.69 Å². The number of hydrogen-bond donors (Lipinski definition) is 2. The molecule has 2 rings (SSSR count). The normalized spacial score (nSPS) is 20.9. The number of carbonyl (C=O) groups excluding carboxylic acids is 2. The molecule has 0 aromatic heterocycles. The zero-order chi connectivity index (χ0) is 13.3. The number of amides is 2. The van der Waals surface area contributed by atoms with Crippen LogP contribution in [-0.2, 0) is 16.1 Å². The fourth-order valence-corrected chi connectivity index (χ4v) is 2.09. The second-order valence-corrected chi connectivity index (χ2v) is 4.77. The molecule has 0 saturated carbocycles. The average molecular weight is 268 g/mol. The van der Waals surface area contributed by atoms with Crippen LogP contribution in [0.15, 0.2) is 18.2 Å². The van der Waals surface area contributed by atoms with E-state index in [1.807, 2.05) is 0 Å². The van der Waals surface area contributed by atoms with Gasteiger partial charge in [0.1, 0.15) is 0 Å². The van der Waals surface area contributed by atoms with E-state index >= 15 is 0 Å². The molecule has 1 saturated heterocycles. The summed E-state index contributed by atoms with van der Waals surface area (Å²) in [7, 11) is 0. The van der Waals surface area contributed by atoms with Gasteiger partial charge in [-0.25, -0.2) is 0 Å². The van der Waals surface area contributed by atoms with Crippen molar-refractivity contribution in [3.05, 3.63) is 28.8 Å². The molecule has 1 fully saturated rings. The van der Waals surface area contributed by atoms with Crippen molar-refractivity contribution in [1.82, 2.24) is 10.2 Å². The van der Waals surface area contributed by atoms with Crippen molar-refractivity contribution >= 4 is 29.1 Å². The first-order valence-corrected chi connectivity index (χ1v) is 5.97. The highest BCUT2D eigenvalue weighted by Crippen LogP contribution is 2.21. The predicted molar refractivity (Wildman–Crippen MR) is 68.9 cm³/mol. The first-order chi connectivity index (χ1) is 8.47. The lowest BCUT2D eigenvalue weighted by Crippen LogP contribution is -2.56. The lowest BCUT2D eigenvalue weighted by atomic mass is 10.1. The van der Waals surface area contributed by atoms with E-state index < -0.39 is 0 Å². The van der Waals surface area contributed by atoms with Gasteiger partial charge in [0.05, 0.1) is 12.6 Å². The van der Waals surface area contributed by atoms with E-state index in [-0.39, 0.29) is 24.4 Å². The van der Waals surface area contributed by atoms with E-state index in [1.165, 1.54) is 0 Å². The number of nitrogens with two attached hydrogens (primary N) is 1. The van der Waals surface area contributed by atoms with E-state index in [2.05, 4.69) is 5.32 Å². The van der Waals surface area contributed by atoms with Gasteiger partial charge in [0.25, 0.3) is 0 Å². The molecule has 18 heavy (non-hydrogen) atoms. The smallest absolute Gasteiger partial charge is 0.243 e. The van der Waals surface area contributed by atoms with Gasteiger partial charge in [-0.05, 0) is 30.7 Å². The maximum absolute atomic E-state index is 11.5. The zero-order valence-corrected chi connectivity index (χ0v) is 10.7. The summed E-state index contributed by atoms with van der Waals surface area (Å²) in [4.78, 5) is 24.6. The van der Waals surface area contributed by atoms with Crippen LogP contribution in [0.5, 0.6) is 0 Å². The van der Waals surface area contributed by atoms with E-state index in [9.17, 15) is 9.59 Å². The van der Waals surface area contributed by atoms with Gasteiger partial charge in [-0.15, -0.1) is 0 Å². The standard InChI is InChI=1S/C12H14ClN3O2/c1-7-12(18)15-11(17)6-16(7)5-8-4-9(13)2-3-10(8)14/h2-4,7H,5-6,14H2,1H3,(H,15,17,18). The Bertz CT molecular complexity index is 504. The molecule has 1 atom stereocenters. The van der Waals surface area contributed by atoms with Crippen molar-refractivity contribution in [3.8, 4) is 0 Å². The highest BCUT2D eigenvalue weighted by atomic mass is 35.5. The zero-order valence-electron chi connectivity index (χ0n) is 9.94. The van der Waals surface area contributed by atoms with Gasteiger partial charge in [0.2, 0.25) is 11.8 Å². The lowest BCUT2D eigenvalue weighted by Gasteiger charge is -2.31. The van der Waals surface area contributed by atoms with Crippen LogP contribution in [-0.4, -0.2) is 29.3 Å². The SMILES string of the molecule is CC1C(=O)NC(=O)CN1Cc1cc(Cl)ccc1N. The van der Waals surface area contributed by atoms with Crippen LogP contribution in [0.25, 0.3) is 0 Å². The Morgan fingerprint density at radius 1 is 1.50 bits per heavy atom. The van der Waals surface area contributed by atoms with Crippen molar-refractivity contribution in [2.45, 2.75) is 19.5 Å². The number of carbonyl (C=O) groups is 2. The van der Waals surface area contributed by atoms with Crippen LogP contribution in [0, 0.1) is 0 Å². The molecule has 5 nitrogen and oxygen atoms in total. The summed E-state index contributed by atoms with van der Waals surface area (Å²) in [6, 6.07) is 4.81. The number of halogens is 1. The molecule has 0 spiro atoms. The Balaban J connectivity index is 2.19. The van der Waals surface area contributed by atoms with Crippen LogP contribution in [0.1, 0.15) is 12.5 Å². The predicted octanol–water partition coefficient (Wildman–Crippen LogP) is 0.769. The first-order valence-electron chi connectivity index (χ1n) is 5.59. The van der Waals surface area contributed by atoms with E-state index in [1.54, 1.807) is 30.0 Å². The molecule has 6 heteroatoms. The quantitative estimate of drug-likeness (QED) is 0.613. The number of rotatable bonds is 2. The second-order valence-electron chi connectivity index (χ2n) is 4.34. The van der Waals surface area contributed by atoms with Crippen molar-refractivity contribution in [2.75, 3.05) is 12.3 Å². The van der Waals surface area contributed by atoms with E-state index in [0.29, 0.717) is 17.3 Å². The number of piperazine rings is 1. The minimum Gasteiger partial charge on any atom is -0.398 e. The van der Waals surface area contributed by atoms with Crippen molar-refractivity contribution < 1.29 is 9.59 Å².